The second-order valence-corrected chi connectivity index (χ2v) is 14.6. The zero-order valence-corrected chi connectivity index (χ0v) is 30.8. The van der Waals surface area contributed by atoms with Crippen LogP contribution in [-0.2, 0) is 0 Å². The van der Waals surface area contributed by atoms with E-state index in [0.29, 0.717) is 5.82 Å². The molecule has 0 spiro atoms. The summed E-state index contributed by atoms with van der Waals surface area (Å²) in [5.74, 6) is 0.679. The molecular formula is C52H33N5. The minimum absolute atomic E-state index is 0.679. The van der Waals surface area contributed by atoms with Crippen LogP contribution in [0.4, 0.5) is 0 Å². The zero-order chi connectivity index (χ0) is 37.5. The third-order valence-electron chi connectivity index (χ3n) is 11.4. The van der Waals surface area contributed by atoms with Crippen molar-refractivity contribution < 1.29 is 0 Å². The van der Waals surface area contributed by atoms with Gasteiger partial charge in [0.2, 0.25) is 0 Å². The number of fused-ring (bicyclic) bond motifs is 9. The van der Waals surface area contributed by atoms with Crippen LogP contribution in [0.5, 0.6) is 0 Å². The molecule has 12 aromatic rings. The molecule has 0 atom stereocenters. The van der Waals surface area contributed by atoms with Crippen LogP contribution in [-0.4, -0.2) is 23.7 Å². The third kappa shape index (κ3) is 4.76. The summed E-state index contributed by atoms with van der Waals surface area (Å²) in [6.07, 6.45) is 0. The highest BCUT2D eigenvalue weighted by molar-refractivity contribution is 6.13. The Morgan fingerprint density at radius 1 is 0.298 bits per heavy atom. The molecule has 0 bridgehead atoms. The molecule has 0 unspecified atom stereocenters. The molecule has 8 aromatic carbocycles. The molecule has 0 radical (unpaired) electrons. The van der Waals surface area contributed by atoms with Crippen LogP contribution >= 0.6 is 0 Å². The summed E-state index contributed by atoms with van der Waals surface area (Å²) in [6.45, 7) is 0. The Bertz CT molecular complexity index is 3420. The lowest BCUT2D eigenvalue weighted by molar-refractivity contribution is 1.14. The molecule has 0 saturated heterocycles. The molecule has 0 N–H and O–H groups in total. The first-order chi connectivity index (χ1) is 28.3. The maximum Gasteiger partial charge on any atom is 0.160 e. The molecule has 5 heteroatoms. The second kappa shape index (κ2) is 12.4. The highest BCUT2D eigenvalue weighted by atomic mass is 15.0. The Morgan fingerprint density at radius 3 is 1.23 bits per heavy atom. The topological polar surface area (TPSA) is 40.6 Å². The number of para-hydroxylation sites is 6. The number of nitrogens with zero attached hydrogens (tertiary/aromatic N) is 5. The molecular weight excluding hydrogens is 695 g/mol. The van der Waals surface area contributed by atoms with Gasteiger partial charge >= 0.3 is 0 Å². The first kappa shape index (κ1) is 31.6. The third-order valence-corrected chi connectivity index (χ3v) is 11.4. The summed E-state index contributed by atoms with van der Waals surface area (Å²) >= 11 is 0. The van der Waals surface area contributed by atoms with E-state index in [2.05, 4.69) is 214 Å². The van der Waals surface area contributed by atoms with Crippen molar-refractivity contribution >= 4 is 65.5 Å². The van der Waals surface area contributed by atoms with E-state index in [9.17, 15) is 0 Å². The molecule has 12 rings (SSSR count). The van der Waals surface area contributed by atoms with Crippen molar-refractivity contribution in [1.82, 2.24) is 23.7 Å². The SMILES string of the molecule is c1ccc(-n2c3ccccc3c3nc(-c4cccc(-n5c6ccccc6c6ccccc65)c4)nc(-c4cccc(-n5c6ccccc6c6ccccc65)c4)c32)cc1. The van der Waals surface area contributed by atoms with Crippen molar-refractivity contribution in [3.63, 3.8) is 0 Å². The van der Waals surface area contributed by atoms with Gasteiger partial charge in [-0.15, -0.1) is 0 Å². The van der Waals surface area contributed by atoms with Gasteiger partial charge in [-0.3, -0.25) is 0 Å². The molecule has 4 heterocycles. The number of aromatic nitrogens is 5. The molecule has 0 saturated carbocycles. The van der Waals surface area contributed by atoms with Gasteiger partial charge in [-0.25, -0.2) is 9.97 Å². The molecule has 0 fully saturated rings. The van der Waals surface area contributed by atoms with Gasteiger partial charge in [-0.2, -0.15) is 0 Å². The van der Waals surface area contributed by atoms with E-state index in [0.717, 1.165) is 55.8 Å². The smallest absolute Gasteiger partial charge is 0.160 e. The van der Waals surface area contributed by atoms with Crippen molar-refractivity contribution in [3.8, 4) is 39.7 Å². The van der Waals surface area contributed by atoms with Crippen molar-refractivity contribution in [2.45, 2.75) is 0 Å². The molecule has 0 amide bonds. The lowest BCUT2D eigenvalue weighted by Gasteiger charge is -2.14. The highest BCUT2D eigenvalue weighted by Gasteiger charge is 2.22. The molecule has 0 aliphatic rings. The molecule has 5 nitrogen and oxygen atoms in total. The predicted octanol–water partition coefficient (Wildman–Crippen LogP) is 13.1. The summed E-state index contributed by atoms with van der Waals surface area (Å²) in [5, 5.41) is 6.01. The summed E-state index contributed by atoms with van der Waals surface area (Å²) in [5.41, 5.74) is 13.7. The van der Waals surface area contributed by atoms with Crippen molar-refractivity contribution in [2.75, 3.05) is 0 Å². The zero-order valence-electron chi connectivity index (χ0n) is 30.8. The largest absolute Gasteiger partial charge is 0.309 e. The van der Waals surface area contributed by atoms with Gasteiger partial charge in [-0.1, -0.05) is 133 Å². The van der Waals surface area contributed by atoms with Gasteiger partial charge in [0.15, 0.2) is 5.82 Å². The maximum absolute atomic E-state index is 5.57. The first-order valence-corrected chi connectivity index (χ1v) is 19.3. The number of benzene rings is 8. The Labute approximate surface area is 328 Å². The monoisotopic (exact) mass is 727 g/mol. The van der Waals surface area contributed by atoms with Crippen LogP contribution in [0.3, 0.4) is 0 Å². The van der Waals surface area contributed by atoms with Gasteiger partial charge < -0.3 is 13.7 Å². The van der Waals surface area contributed by atoms with Crippen LogP contribution in [0.1, 0.15) is 0 Å². The van der Waals surface area contributed by atoms with Gasteiger partial charge in [0.25, 0.3) is 0 Å². The minimum Gasteiger partial charge on any atom is -0.309 e. The predicted molar refractivity (Wildman–Crippen MR) is 236 cm³/mol. The Balaban J connectivity index is 1.14. The van der Waals surface area contributed by atoms with E-state index in [1.165, 1.54) is 43.6 Å². The fraction of sp³-hybridized carbons (Fsp3) is 0. The maximum atomic E-state index is 5.57. The lowest BCUT2D eigenvalue weighted by atomic mass is 10.1. The van der Waals surface area contributed by atoms with Crippen LogP contribution < -0.4 is 0 Å². The van der Waals surface area contributed by atoms with Crippen molar-refractivity contribution in [1.29, 1.82) is 0 Å². The standard InChI is InChI=1S/C52H33N5/c1-2-18-36(19-3-1)57-48-31-13-8-26-43(48)50-51(57)49(34-16-14-20-37(32-34)55-44-27-9-4-22-39(44)40-23-5-10-28-45(40)55)53-52(54-50)35-17-15-21-38(33-35)56-46-29-11-6-24-41(46)42-25-7-12-30-47(42)56/h1-33H. The number of rotatable bonds is 5. The lowest BCUT2D eigenvalue weighted by Crippen LogP contribution is -2.01. The van der Waals surface area contributed by atoms with Crippen LogP contribution in [0, 0.1) is 0 Å². The van der Waals surface area contributed by atoms with Gasteiger partial charge in [0, 0.05) is 55.1 Å². The van der Waals surface area contributed by atoms with Crippen LogP contribution in [0.15, 0.2) is 200 Å². The fourth-order valence-electron chi connectivity index (χ4n) is 9.00. The summed E-state index contributed by atoms with van der Waals surface area (Å²) in [7, 11) is 0. The van der Waals surface area contributed by atoms with E-state index in [4.69, 9.17) is 9.97 Å². The van der Waals surface area contributed by atoms with E-state index < -0.39 is 0 Å². The van der Waals surface area contributed by atoms with Gasteiger partial charge in [0.1, 0.15) is 5.52 Å². The van der Waals surface area contributed by atoms with E-state index >= 15 is 0 Å². The number of hydrogen-bond acceptors (Lipinski definition) is 2. The van der Waals surface area contributed by atoms with E-state index in [1.807, 2.05) is 0 Å². The molecule has 0 aliphatic heterocycles. The van der Waals surface area contributed by atoms with Gasteiger partial charge in [0.05, 0.1) is 38.8 Å². The number of hydrogen-bond donors (Lipinski definition) is 0. The Morgan fingerprint density at radius 2 is 0.702 bits per heavy atom. The summed E-state index contributed by atoms with van der Waals surface area (Å²) in [4.78, 5) is 11.0. The first-order valence-electron chi connectivity index (χ1n) is 19.3. The average molecular weight is 728 g/mol. The van der Waals surface area contributed by atoms with Gasteiger partial charge in [-0.05, 0) is 66.7 Å². The summed E-state index contributed by atoms with van der Waals surface area (Å²) < 4.78 is 7.05. The minimum atomic E-state index is 0.679. The Kier molecular flexibility index (Phi) is 6.86. The second-order valence-electron chi connectivity index (χ2n) is 14.6. The molecule has 4 aromatic heterocycles. The van der Waals surface area contributed by atoms with E-state index in [-0.39, 0.29) is 0 Å². The van der Waals surface area contributed by atoms with Crippen molar-refractivity contribution in [2.24, 2.45) is 0 Å². The molecule has 0 aliphatic carbocycles. The highest BCUT2D eigenvalue weighted by Crippen LogP contribution is 2.40. The quantitative estimate of drug-likeness (QED) is 0.177. The molecule has 266 valence electrons. The fourth-order valence-corrected chi connectivity index (χ4v) is 9.00. The van der Waals surface area contributed by atoms with E-state index in [1.54, 1.807) is 0 Å². The summed E-state index contributed by atoms with van der Waals surface area (Å²) in [6, 6.07) is 71.2. The Hall–Kier alpha value is -7.76. The molecule has 57 heavy (non-hydrogen) atoms. The normalized spacial score (nSPS) is 11.9. The van der Waals surface area contributed by atoms with Crippen LogP contribution in [0.2, 0.25) is 0 Å². The van der Waals surface area contributed by atoms with Crippen LogP contribution in [0.25, 0.3) is 105 Å². The van der Waals surface area contributed by atoms with Crippen molar-refractivity contribution in [3.05, 3.63) is 200 Å². The average Bonchev–Trinajstić information content (AvgIpc) is 3.92.